The number of rotatable bonds is 8. The summed E-state index contributed by atoms with van der Waals surface area (Å²) in [6.07, 6.45) is 11.4. The molecule has 4 atom stereocenters. The number of hydrogen-bond donors (Lipinski definition) is 1. The maximum atomic E-state index is 10.5. The highest BCUT2D eigenvalue weighted by Crippen LogP contribution is 2.45. The van der Waals surface area contributed by atoms with Crippen LogP contribution in [0.3, 0.4) is 0 Å². The zero-order valence-corrected chi connectivity index (χ0v) is 13.7. The van der Waals surface area contributed by atoms with E-state index in [0.717, 1.165) is 25.0 Å². The Hall–Kier alpha value is -2.07. The van der Waals surface area contributed by atoms with Crippen LogP contribution >= 0.6 is 0 Å². The van der Waals surface area contributed by atoms with Gasteiger partial charge in [-0.2, -0.15) is 0 Å². The number of ether oxygens (including phenoxy) is 2. The first-order chi connectivity index (χ1) is 11.7. The first-order valence-corrected chi connectivity index (χ1v) is 8.61. The van der Waals surface area contributed by atoms with Gasteiger partial charge in [0.1, 0.15) is 5.75 Å². The summed E-state index contributed by atoms with van der Waals surface area (Å²) in [6.45, 7) is 0.693. The van der Waals surface area contributed by atoms with E-state index in [1.807, 2.05) is 36.4 Å². The standard InChI is InChI=1S/C20H24O4/c21-20(22)11-7-2-1-6-10-16-17(19-13-12-18(16)24-19)14-23-15-8-4-3-5-9-15/h1-9,16-19H,10-14H2,(H,21,22)/t16-,17+,18-,19+/m0/s1. The highest BCUT2D eigenvalue weighted by Gasteiger charge is 2.48. The number of para-hydroxylation sites is 1. The lowest BCUT2D eigenvalue weighted by Gasteiger charge is -2.27. The first-order valence-electron chi connectivity index (χ1n) is 8.61. The van der Waals surface area contributed by atoms with Crippen molar-refractivity contribution in [2.45, 2.75) is 37.9 Å². The Balaban J connectivity index is 1.52. The lowest BCUT2D eigenvalue weighted by Crippen LogP contribution is -2.31. The van der Waals surface area contributed by atoms with Crippen molar-refractivity contribution in [3.8, 4) is 5.75 Å². The minimum absolute atomic E-state index is 0.0646. The normalized spacial score (nSPS) is 28.8. The van der Waals surface area contributed by atoms with Gasteiger partial charge in [-0.1, -0.05) is 42.5 Å². The molecule has 2 heterocycles. The van der Waals surface area contributed by atoms with E-state index in [-0.39, 0.29) is 6.42 Å². The number of aliphatic carboxylic acids is 1. The fourth-order valence-corrected chi connectivity index (χ4v) is 3.70. The molecule has 2 fully saturated rings. The van der Waals surface area contributed by atoms with Crippen LogP contribution in [0.15, 0.2) is 54.6 Å². The minimum Gasteiger partial charge on any atom is -0.493 e. The summed E-state index contributed by atoms with van der Waals surface area (Å²) in [5.41, 5.74) is 0. The molecule has 0 spiro atoms. The molecule has 0 saturated carbocycles. The van der Waals surface area contributed by atoms with E-state index in [1.54, 1.807) is 12.2 Å². The number of carbonyl (C=O) groups is 1. The molecule has 2 aliphatic heterocycles. The Morgan fingerprint density at radius 3 is 2.58 bits per heavy atom. The molecule has 24 heavy (non-hydrogen) atoms. The molecule has 2 bridgehead atoms. The Labute approximate surface area is 142 Å². The maximum Gasteiger partial charge on any atom is 0.307 e. The van der Waals surface area contributed by atoms with Gasteiger partial charge in [-0.25, -0.2) is 0 Å². The summed E-state index contributed by atoms with van der Waals surface area (Å²) in [5.74, 6) is 1.01. The van der Waals surface area contributed by atoms with E-state index in [0.29, 0.717) is 30.7 Å². The van der Waals surface area contributed by atoms with Crippen molar-refractivity contribution in [3.05, 3.63) is 54.6 Å². The van der Waals surface area contributed by atoms with Crippen molar-refractivity contribution in [2.24, 2.45) is 11.8 Å². The molecule has 0 aromatic heterocycles. The third kappa shape index (κ3) is 4.26. The molecule has 0 unspecified atom stereocenters. The van der Waals surface area contributed by atoms with E-state index < -0.39 is 5.97 Å². The monoisotopic (exact) mass is 328 g/mol. The molecule has 1 aromatic carbocycles. The van der Waals surface area contributed by atoms with E-state index >= 15 is 0 Å². The molecule has 2 saturated heterocycles. The van der Waals surface area contributed by atoms with Gasteiger partial charge >= 0.3 is 5.97 Å². The van der Waals surface area contributed by atoms with Gasteiger partial charge in [-0.05, 0) is 37.3 Å². The summed E-state index contributed by atoms with van der Waals surface area (Å²) < 4.78 is 12.0. The molecular formula is C20H24O4. The summed E-state index contributed by atoms with van der Waals surface area (Å²) >= 11 is 0. The summed E-state index contributed by atoms with van der Waals surface area (Å²) in [4.78, 5) is 10.5. The Bertz CT molecular complexity index is 593. The summed E-state index contributed by atoms with van der Waals surface area (Å²) in [5, 5.41) is 8.60. The number of fused-ring (bicyclic) bond motifs is 2. The average molecular weight is 328 g/mol. The largest absolute Gasteiger partial charge is 0.493 e. The molecule has 1 N–H and O–H groups in total. The van der Waals surface area contributed by atoms with Gasteiger partial charge in [-0.3, -0.25) is 4.79 Å². The van der Waals surface area contributed by atoms with Gasteiger partial charge < -0.3 is 14.6 Å². The van der Waals surface area contributed by atoms with Gasteiger partial charge in [0.2, 0.25) is 0 Å². The van der Waals surface area contributed by atoms with Crippen LogP contribution in [0.1, 0.15) is 25.7 Å². The molecular weight excluding hydrogens is 304 g/mol. The molecule has 4 heteroatoms. The lowest BCUT2D eigenvalue weighted by molar-refractivity contribution is -0.136. The number of allylic oxidation sites excluding steroid dienone is 3. The van der Waals surface area contributed by atoms with Gasteiger partial charge in [0.05, 0.1) is 25.2 Å². The highest BCUT2D eigenvalue weighted by atomic mass is 16.5. The van der Waals surface area contributed by atoms with Crippen molar-refractivity contribution < 1.29 is 19.4 Å². The molecule has 4 nitrogen and oxygen atoms in total. The van der Waals surface area contributed by atoms with Gasteiger partial charge in [0, 0.05) is 5.92 Å². The van der Waals surface area contributed by atoms with E-state index in [2.05, 4.69) is 6.08 Å². The van der Waals surface area contributed by atoms with Gasteiger partial charge in [0.15, 0.2) is 0 Å². The second-order valence-electron chi connectivity index (χ2n) is 6.43. The molecule has 128 valence electrons. The molecule has 0 amide bonds. The smallest absolute Gasteiger partial charge is 0.307 e. The molecule has 2 aliphatic rings. The van der Waals surface area contributed by atoms with Crippen molar-refractivity contribution in [3.63, 3.8) is 0 Å². The third-order valence-electron chi connectivity index (χ3n) is 4.86. The minimum atomic E-state index is -0.806. The molecule has 1 aromatic rings. The van der Waals surface area contributed by atoms with Crippen LogP contribution in [0.2, 0.25) is 0 Å². The van der Waals surface area contributed by atoms with Crippen molar-refractivity contribution >= 4 is 5.97 Å². The fraction of sp³-hybridized carbons (Fsp3) is 0.450. The topological polar surface area (TPSA) is 55.8 Å². The van der Waals surface area contributed by atoms with Gasteiger partial charge in [0.25, 0.3) is 0 Å². The zero-order chi connectivity index (χ0) is 16.8. The fourth-order valence-electron chi connectivity index (χ4n) is 3.70. The van der Waals surface area contributed by atoms with Crippen LogP contribution in [0, 0.1) is 11.8 Å². The zero-order valence-electron chi connectivity index (χ0n) is 13.7. The van der Waals surface area contributed by atoms with E-state index in [9.17, 15) is 4.79 Å². The Morgan fingerprint density at radius 2 is 1.83 bits per heavy atom. The van der Waals surface area contributed by atoms with Crippen molar-refractivity contribution in [2.75, 3.05) is 6.61 Å². The molecule has 3 rings (SSSR count). The Morgan fingerprint density at radius 1 is 1.12 bits per heavy atom. The second-order valence-corrected chi connectivity index (χ2v) is 6.43. The summed E-state index contributed by atoms with van der Waals surface area (Å²) in [7, 11) is 0. The predicted molar refractivity (Wildman–Crippen MR) is 92.0 cm³/mol. The van der Waals surface area contributed by atoms with Crippen LogP contribution in [0.5, 0.6) is 5.75 Å². The van der Waals surface area contributed by atoms with Gasteiger partial charge in [-0.15, -0.1) is 0 Å². The van der Waals surface area contributed by atoms with Crippen LogP contribution in [0.25, 0.3) is 0 Å². The predicted octanol–water partition coefficient (Wildman–Crippen LogP) is 3.84. The van der Waals surface area contributed by atoms with Crippen LogP contribution in [0.4, 0.5) is 0 Å². The quantitative estimate of drug-likeness (QED) is 0.737. The summed E-state index contributed by atoms with van der Waals surface area (Å²) in [6, 6.07) is 9.91. The SMILES string of the molecule is O=C(O)CC=CC=CC[C@H]1[C@@H](COc2ccccc2)[C@H]2CC[C@@H]1O2. The number of hydrogen-bond acceptors (Lipinski definition) is 3. The third-order valence-corrected chi connectivity index (χ3v) is 4.86. The highest BCUT2D eigenvalue weighted by molar-refractivity contribution is 5.68. The van der Waals surface area contributed by atoms with Crippen molar-refractivity contribution in [1.29, 1.82) is 0 Å². The van der Waals surface area contributed by atoms with E-state index in [1.165, 1.54) is 0 Å². The van der Waals surface area contributed by atoms with Crippen molar-refractivity contribution in [1.82, 2.24) is 0 Å². The Kier molecular flexibility index (Phi) is 5.70. The van der Waals surface area contributed by atoms with Crippen LogP contribution in [-0.4, -0.2) is 29.9 Å². The molecule has 0 radical (unpaired) electrons. The average Bonchev–Trinajstić information content (AvgIpc) is 3.18. The lowest BCUT2D eigenvalue weighted by atomic mass is 9.78. The van der Waals surface area contributed by atoms with Crippen LogP contribution < -0.4 is 4.74 Å². The molecule has 0 aliphatic carbocycles. The maximum absolute atomic E-state index is 10.5. The second kappa shape index (κ2) is 8.15. The van der Waals surface area contributed by atoms with E-state index in [4.69, 9.17) is 14.6 Å². The number of carboxylic acids is 1. The number of carboxylic acid groups (broad SMARTS) is 1. The van der Waals surface area contributed by atoms with Crippen LogP contribution in [-0.2, 0) is 9.53 Å². The first kappa shape index (κ1) is 16.8. The number of benzene rings is 1.